The lowest BCUT2D eigenvalue weighted by atomic mass is 10.2. The minimum atomic E-state index is -0.373. The number of nitrogens with zero attached hydrogens (tertiary/aromatic N) is 3. The molecule has 0 fully saturated rings. The summed E-state index contributed by atoms with van der Waals surface area (Å²) < 4.78 is 14.7. The average Bonchev–Trinajstić information content (AvgIpc) is 2.98. The average molecular weight is 362 g/mol. The molecule has 1 heterocycles. The van der Waals surface area contributed by atoms with Crippen LogP contribution in [-0.4, -0.2) is 19.9 Å². The number of hydrogen-bond acceptors (Lipinski definition) is 3. The van der Waals surface area contributed by atoms with Crippen LogP contribution in [0.25, 0.3) is 0 Å². The molecule has 2 N–H and O–H groups in total. The van der Waals surface area contributed by atoms with Gasteiger partial charge in [0.25, 0.3) is 0 Å². The van der Waals surface area contributed by atoms with Crippen LogP contribution in [0.2, 0.25) is 5.02 Å². The van der Waals surface area contributed by atoms with Crippen molar-refractivity contribution in [3.05, 3.63) is 71.3 Å². The highest BCUT2D eigenvalue weighted by Crippen LogP contribution is 2.18. The molecule has 0 aliphatic rings. The Morgan fingerprint density at radius 1 is 1.17 bits per heavy atom. The zero-order valence-corrected chi connectivity index (χ0v) is 14.0. The zero-order valence-electron chi connectivity index (χ0n) is 12.4. The second kappa shape index (κ2) is 7.37. The van der Waals surface area contributed by atoms with Crippen LogP contribution in [0.3, 0.4) is 0 Å². The lowest BCUT2D eigenvalue weighted by molar-refractivity contribution is 0.624. The van der Waals surface area contributed by atoms with Crippen molar-refractivity contribution in [2.75, 3.05) is 10.6 Å². The molecule has 0 saturated heterocycles. The Labute approximate surface area is 148 Å². The van der Waals surface area contributed by atoms with Gasteiger partial charge in [0.05, 0.1) is 6.54 Å². The van der Waals surface area contributed by atoms with Gasteiger partial charge in [-0.2, -0.15) is 0 Å². The van der Waals surface area contributed by atoms with E-state index in [1.54, 1.807) is 17.1 Å². The normalized spacial score (nSPS) is 10.4. The molecule has 1 aromatic heterocycles. The highest BCUT2D eigenvalue weighted by Gasteiger charge is 2.07. The van der Waals surface area contributed by atoms with Gasteiger partial charge in [0.1, 0.15) is 12.1 Å². The molecule has 24 heavy (non-hydrogen) atoms. The van der Waals surface area contributed by atoms with Crippen LogP contribution in [0.1, 0.15) is 5.56 Å². The summed E-state index contributed by atoms with van der Waals surface area (Å²) in [5.41, 5.74) is 1.62. The minimum Gasteiger partial charge on any atom is -0.332 e. The molecular formula is C16H13ClFN5S. The second-order valence-corrected chi connectivity index (χ2v) is 5.76. The van der Waals surface area contributed by atoms with Gasteiger partial charge in [-0.05, 0) is 42.0 Å². The van der Waals surface area contributed by atoms with Crippen molar-refractivity contribution in [1.29, 1.82) is 0 Å². The maximum Gasteiger partial charge on any atom is 0.248 e. The Balaban J connectivity index is 1.62. The van der Waals surface area contributed by atoms with E-state index in [1.165, 1.54) is 12.1 Å². The predicted octanol–water partition coefficient (Wildman–Crippen LogP) is 3.93. The molecule has 122 valence electrons. The van der Waals surface area contributed by atoms with E-state index in [0.717, 1.165) is 11.3 Å². The topological polar surface area (TPSA) is 54.8 Å². The molecule has 0 aliphatic heterocycles. The van der Waals surface area contributed by atoms with Gasteiger partial charge in [-0.25, -0.2) is 14.1 Å². The SMILES string of the molecule is Fc1ccc(Cn2cnc(NC(=S)Nc3ccccc3)n2)c(Cl)c1. The monoisotopic (exact) mass is 361 g/mol. The maximum absolute atomic E-state index is 13.1. The first-order chi connectivity index (χ1) is 11.6. The van der Waals surface area contributed by atoms with Crippen molar-refractivity contribution in [2.24, 2.45) is 0 Å². The van der Waals surface area contributed by atoms with Crippen LogP contribution in [0.4, 0.5) is 16.0 Å². The van der Waals surface area contributed by atoms with Crippen LogP contribution in [0.15, 0.2) is 54.9 Å². The Bertz CT molecular complexity index is 853. The van der Waals surface area contributed by atoms with Gasteiger partial charge >= 0.3 is 0 Å². The molecule has 3 rings (SSSR count). The molecule has 0 spiro atoms. The Hall–Kier alpha value is -2.51. The molecule has 0 unspecified atom stereocenters. The number of halogens is 2. The van der Waals surface area contributed by atoms with Crippen LogP contribution in [-0.2, 0) is 6.54 Å². The van der Waals surface area contributed by atoms with Crippen molar-refractivity contribution in [2.45, 2.75) is 6.54 Å². The van der Waals surface area contributed by atoms with Crippen LogP contribution in [0.5, 0.6) is 0 Å². The van der Waals surface area contributed by atoms with Gasteiger partial charge in [0, 0.05) is 10.7 Å². The van der Waals surface area contributed by atoms with Crippen molar-refractivity contribution in [3.63, 3.8) is 0 Å². The number of rotatable bonds is 4. The predicted molar refractivity (Wildman–Crippen MR) is 96.8 cm³/mol. The first-order valence-corrected chi connectivity index (χ1v) is 7.85. The van der Waals surface area contributed by atoms with Gasteiger partial charge in [-0.3, -0.25) is 5.32 Å². The van der Waals surface area contributed by atoms with E-state index in [9.17, 15) is 4.39 Å². The van der Waals surface area contributed by atoms with E-state index in [1.807, 2.05) is 30.3 Å². The molecule has 0 radical (unpaired) electrons. The quantitative estimate of drug-likeness (QED) is 0.690. The first-order valence-electron chi connectivity index (χ1n) is 7.06. The van der Waals surface area contributed by atoms with E-state index in [0.29, 0.717) is 22.6 Å². The van der Waals surface area contributed by atoms with E-state index in [2.05, 4.69) is 20.7 Å². The molecule has 3 aromatic rings. The summed E-state index contributed by atoms with van der Waals surface area (Å²) in [6, 6.07) is 13.8. The van der Waals surface area contributed by atoms with Crippen molar-refractivity contribution >= 4 is 40.6 Å². The molecule has 2 aromatic carbocycles. The fraction of sp³-hybridized carbons (Fsp3) is 0.0625. The molecule has 0 bridgehead atoms. The van der Waals surface area contributed by atoms with Crippen molar-refractivity contribution in [1.82, 2.24) is 14.8 Å². The van der Waals surface area contributed by atoms with Crippen LogP contribution >= 0.6 is 23.8 Å². The van der Waals surface area contributed by atoms with E-state index >= 15 is 0 Å². The van der Waals surface area contributed by atoms with Crippen LogP contribution in [0, 0.1) is 5.82 Å². The van der Waals surface area contributed by atoms with Gasteiger partial charge in [-0.15, -0.1) is 5.10 Å². The lowest BCUT2D eigenvalue weighted by Crippen LogP contribution is -2.20. The van der Waals surface area contributed by atoms with Crippen molar-refractivity contribution in [3.8, 4) is 0 Å². The van der Waals surface area contributed by atoms with E-state index < -0.39 is 0 Å². The van der Waals surface area contributed by atoms with E-state index in [4.69, 9.17) is 23.8 Å². The third-order valence-electron chi connectivity index (χ3n) is 3.14. The second-order valence-electron chi connectivity index (χ2n) is 4.95. The summed E-state index contributed by atoms with van der Waals surface area (Å²) >= 11 is 11.2. The smallest absolute Gasteiger partial charge is 0.248 e. The molecule has 0 saturated carbocycles. The summed E-state index contributed by atoms with van der Waals surface area (Å²) in [4.78, 5) is 4.14. The fourth-order valence-corrected chi connectivity index (χ4v) is 2.47. The first kappa shape index (κ1) is 16.4. The number of nitrogens with one attached hydrogen (secondary N) is 2. The third-order valence-corrected chi connectivity index (χ3v) is 3.70. The number of aromatic nitrogens is 3. The van der Waals surface area contributed by atoms with Gasteiger partial charge in [0.2, 0.25) is 5.95 Å². The highest BCUT2D eigenvalue weighted by molar-refractivity contribution is 7.80. The summed E-state index contributed by atoms with van der Waals surface area (Å²) in [7, 11) is 0. The standard InChI is InChI=1S/C16H13ClFN5S/c17-14-8-12(18)7-6-11(14)9-23-10-19-15(22-23)21-16(24)20-13-4-2-1-3-5-13/h1-8,10H,9H2,(H2,20,21,22,24). The largest absolute Gasteiger partial charge is 0.332 e. The molecule has 8 heteroatoms. The maximum atomic E-state index is 13.1. The van der Waals surface area contributed by atoms with Gasteiger partial charge in [-0.1, -0.05) is 35.9 Å². The number of para-hydroxylation sites is 1. The number of thiocarbonyl (C=S) groups is 1. The van der Waals surface area contributed by atoms with Crippen LogP contribution < -0.4 is 10.6 Å². The molecule has 0 atom stereocenters. The molecule has 0 amide bonds. The fourth-order valence-electron chi connectivity index (χ4n) is 2.04. The number of benzene rings is 2. The van der Waals surface area contributed by atoms with Crippen molar-refractivity contribution < 1.29 is 4.39 Å². The van der Waals surface area contributed by atoms with Gasteiger partial charge in [0.15, 0.2) is 5.11 Å². The number of anilines is 2. The summed E-state index contributed by atoms with van der Waals surface area (Å²) in [5, 5.41) is 10.9. The molecular weight excluding hydrogens is 349 g/mol. The third kappa shape index (κ3) is 4.27. The summed E-state index contributed by atoms with van der Waals surface area (Å²) in [5.74, 6) is -0.0105. The minimum absolute atomic E-state index is 0.348. The Kier molecular flexibility index (Phi) is 5.02. The molecule has 0 aliphatic carbocycles. The lowest BCUT2D eigenvalue weighted by Gasteiger charge is -2.07. The van der Waals surface area contributed by atoms with Gasteiger partial charge < -0.3 is 5.32 Å². The zero-order chi connectivity index (χ0) is 16.9. The number of hydrogen-bond donors (Lipinski definition) is 2. The summed E-state index contributed by atoms with van der Waals surface area (Å²) in [6.07, 6.45) is 1.55. The highest BCUT2D eigenvalue weighted by atomic mass is 35.5. The summed E-state index contributed by atoms with van der Waals surface area (Å²) in [6.45, 7) is 0.382. The molecule has 5 nitrogen and oxygen atoms in total. The van der Waals surface area contributed by atoms with E-state index in [-0.39, 0.29) is 5.82 Å². The Morgan fingerprint density at radius 3 is 2.71 bits per heavy atom. The Morgan fingerprint density at radius 2 is 1.96 bits per heavy atom.